The van der Waals surface area contributed by atoms with E-state index in [1.807, 2.05) is 0 Å². The summed E-state index contributed by atoms with van der Waals surface area (Å²) in [6.07, 6.45) is 7.08. The van der Waals surface area contributed by atoms with Crippen LogP contribution in [0, 0.1) is 23.1 Å². The highest BCUT2D eigenvalue weighted by molar-refractivity contribution is 5.55. The Labute approximate surface area is 172 Å². The Bertz CT molecular complexity index is 948. The minimum atomic E-state index is -0.407. The van der Waals surface area contributed by atoms with Crippen LogP contribution < -0.4 is 4.74 Å². The SMILES string of the molecule is COc1ccc2c(c1)CC[C@H]1[C@H]2CC[C@]2(C)[C@@H](O)/C(=C/c3ccc(F)cc3)C[C@@H]12. The summed E-state index contributed by atoms with van der Waals surface area (Å²) < 4.78 is 18.7. The zero-order chi connectivity index (χ0) is 20.2. The predicted octanol–water partition coefficient (Wildman–Crippen LogP) is 5.74. The van der Waals surface area contributed by atoms with Crippen molar-refractivity contribution in [3.05, 3.63) is 70.5 Å². The van der Waals surface area contributed by atoms with Crippen molar-refractivity contribution in [3.63, 3.8) is 0 Å². The lowest BCUT2D eigenvalue weighted by atomic mass is 9.55. The fourth-order valence-electron chi connectivity index (χ4n) is 6.46. The molecule has 0 bridgehead atoms. The minimum Gasteiger partial charge on any atom is -0.497 e. The first-order valence-corrected chi connectivity index (χ1v) is 10.8. The number of rotatable bonds is 2. The Morgan fingerprint density at radius 2 is 1.93 bits per heavy atom. The molecule has 0 unspecified atom stereocenters. The average Bonchev–Trinajstić information content (AvgIpc) is 2.99. The molecule has 1 N–H and O–H groups in total. The molecule has 0 aromatic heterocycles. The molecule has 0 aliphatic heterocycles. The van der Waals surface area contributed by atoms with Crippen molar-refractivity contribution in [2.75, 3.05) is 7.11 Å². The van der Waals surface area contributed by atoms with Gasteiger partial charge in [0.1, 0.15) is 11.6 Å². The second-order valence-electron chi connectivity index (χ2n) is 9.40. The molecule has 3 aliphatic carbocycles. The lowest BCUT2D eigenvalue weighted by Crippen LogP contribution is -2.44. The first kappa shape index (κ1) is 18.9. The van der Waals surface area contributed by atoms with Crippen LogP contribution in [0.15, 0.2) is 48.0 Å². The van der Waals surface area contributed by atoms with Crippen LogP contribution in [-0.2, 0) is 6.42 Å². The number of fused-ring (bicyclic) bond motifs is 5. The monoisotopic (exact) mass is 392 g/mol. The Morgan fingerprint density at radius 1 is 1.14 bits per heavy atom. The van der Waals surface area contributed by atoms with E-state index in [0.717, 1.165) is 42.6 Å². The maximum absolute atomic E-state index is 13.3. The zero-order valence-corrected chi connectivity index (χ0v) is 17.2. The van der Waals surface area contributed by atoms with Gasteiger partial charge in [-0.2, -0.15) is 0 Å². The van der Waals surface area contributed by atoms with Gasteiger partial charge in [-0.25, -0.2) is 4.39 Å². The third-order valence-corrected chi connectivity index (χ3v) is 8.02. The Kier molecular flexibility index (Phi) is 4.54. The standard InChI is InChI=1S/C26H29FO2/c1-26-12-11-22-21-10-8-20(29-2)14-17(21)5-9-23(22)24(26)15-18(25(26)28)13-16-3-6-19(27)7-4-16/h3-4,6-8,10,13-14,22-25,28H,5,9,11-12,15H2,1-2H3/b18-13+/t22-,23-,24-,25-,26-/m0/s1. The van der Waals surface area contributed by atoms with Crippen LogP contribution in [0.25, 0.3) is 6.08 Å². The number of aliphatic hydroxyl groups is 1. The van der Waals surface area contributed by atoms with E-state index in [1.165, 1.54) is 29.7 Å². The van der Waals surface area contributed by atoms with Crippen LogP contribution in [0.1, 0.15) is 55.2 Å². The van der Waals surface area contributed by atoms with Crippen molar-refractivity contribution in [1.82, 2.24) is 0 Å². The number of aryl methyl sites for hydroxylation is 1. The van der Waals surface area contributed by atoms with Gasteiger partial charge in [0.25, 0.3) is 0 Å². The van der Waals surface area contributed by atoms with Crippen LogP contribution in [0.3, 0.4) is 0 Å². The summed E-state index contributed by atoms with van der Waals surface area (Å²) in [5, 5.41) is 11.3. The van der Waals surface area contributed by atoms with Gasteiger partial charge in [-0.05, 0) is 96.4 Å². The molecule has 3 aliphatic rings. The lowest BCUT2D eigenvalue weighted by Gasteiger charge is -2.49. The molecule has 0 heterocycles. The molecule has 0 radical (unpaired) electrons. The molecule has 2 saturated carbocycles. The van der Waals surface area contributed by atoms with Crippen molar-refractivity contribution in [1.29, 1.82) is 0 Å². The van der Waals surface area contributed by atoms with E-state index in [4.69, 9.17) is 4.74 Å². The molecule has 2 nitrogen and oxygen atoms in total. The largest absolute Gasteiger partial charge is 0.497 e. The summed E-state index contributed by atoms with van der Waals surface area (Å²) in [4.78, 5) is 0. The molecular formula is C26H29FO2. The third-order valence-electron chi connectivity index (χ3n) is 8.02. The van der Waals surface area contributed by atoms with Crippen LogP contribution in [-0.4, -0.2) is 18.3 Å². The Balaban J connectivity index is 1.46. The van der Waals surface area contributed by atoms with Crippen LogP contribution in [0.4, 0.5) is 4.39 Å². The van der Waals surface area contributed by atoms with Gasteiger partial charge in [0, 0.05) is 5.41 Å². The number of aliphatic hydroxyl groups excluding tert-OH is 1. The topological polar surface area (TPSA) is 29.5 Å². The average molecular weight is 393 g/mol. The summed E-state index contributed by atoms with van der Waals surface area (Å²) in [6, 6.07) is 13.2. The zero-order valence-electron chi connectivity index (χ0n) is 17.2. The number of methoxy groups -OCH3 is 1. The molecule has 152 valence electrons. The van der Waals surface area contributed by atoms with E-state index in [0.29, 0.717) is 17.8 Å². The minimum absolute atomic E-state index is 0.0585. The van der Waals surface area contributed by atoms with Crippen molar-refractivity contribution in [2.45, 2.75) is 51.0 Å². The van der Waals surface area contributed by atoms with Gasteiger partial charge >= 0.3 is 0 Å². The third kappa shape index (κ3) is 3.02. The first-order chi connectivity index (χ1) is 14.0. The maximum Gasteiger partial charge on any atom is 0.123 e. The smallest absolute Gasteiger partial charge is 0.123 e. The van der Waals surface area contributed by atoms with Crippen molar-refractivity contribution >= 4 is 6.08 Å². The summed E-state index contributed by atoms with van der Waals surface area (Å²) in [5.41, 5.74) is 4.96. The van der Waals surface area contributed by atoms with Crippen molar-refractivity contribution in [3.8, 4) is 5.75 Å². The summed E-state index contributed by atoms with van der Waals surface area (Å²) in [5.74, 6) is 2.42. The summed E-state index contributed by atoms with van der Waals surface area (Å²) in [6.45, 7) is 2.29. The lowest BCUT2D eigenvalue weighted by molar-refractivity contribution is -0.0158. The first-order valence-electron chi connectivity index (χ1n) is 10.8. The number of hydrogen-bond donors (Lipinski definition) is 1. The molecule has 0 spiro atoms. The second-order valence-corrected chi connectivity index (χ2v) is 9.40. The molecule has 0 saturated heterocycles. The van der Waals surface area contributed by atoms with Crippen LogP contribution >= 0.6 is 0 Å². The van der Waals surface area contributed by atoms with Gasteiger partial charge in [-0.1, -0.05) is 31.2 Å². The van der Waals surface area contributed by atoms with E-state index in [1.54, 1.807) is 19.2 Å². The maximum atomic E-state index is 13.3. The van der Waals surface area contributed by atoms with E-state index < -0.39 is 6.10 Å². The van der Waals surface area contributed by atoms with Gasteiger partial charge in [0.15, 0.2) is 0 Å². The van der Waals surface area contributed by atoms with Gasteiger partial charge in [0.05, 0.1) is 13.2 Å². The molecule has 2 fully saturated rings. The van der Waals surface area contributed by atoms with Gasteiger partial charge < -0.3 is 9.84 Å². The van der Waals surface area contributed by atoms with Gasteiger partial charge in [0.2, 0.25) is 0 Å². The number of ether oxygens (including phenoxy) is 1. The summed E-state index contributed by atoms with van der Waals surface area (Å²) >= 11 is 0. The molecule has 29 heavy (non-hydrogen) atoms. The van der Waals surface area contributed by atoms with Crippen LogP contribution in [0.5, 0.6) is 5.75 Å². The second kappa shape index (κ2) is 6.98. The highest BCUT2D eigenvalue weighted by atomic mass is 19.1. The van der Waals surface area contributed by atoms with Crippen molar-refractivity contribution < 1.29 is 14.2 Å². The normalized spacial score (nSPS) is 34.4. The van der Waals surface area contributed by atoms with E-state index in [-0.39, 0.29) is 11.2 Å². The van der Waals surface area contributed by atoms with Crippen molar-refractivity contribution in [2.24, 2.45) is 17.3 Å². The summed E-state index contributed by atoms with van der Waals surface area (Å²) in [7, 11) is 1.73. The fourth-order valence-corrected chi connectivity index (χ4v) is 6.46. The molecule has 5 atom stereocenters. The van der Waals surface area contributed by atoms with E-state index in [9.17, 15) is 9.50 Å². The number of benzene rings is 2. The molecule has 0 amide bonds. The highest BCUT2D eigenvalue weighted by Gasteiger charge is 2.56. The fraction of sp³-hybridized carbons (Fsp3) is 0.462. The van der Waals surface area contributed by atoms with Gasteiger partial charge in [-0.15, -0.1) is 0 Å². The molecule has 2 aromatic carbocycles. The van der Waals surface area contributed by atoms with E-state index in [2.05, 4.69) is 31.2 Å². The van der Waals surface area contributed by atoms with E-state index >= 15 is 0 Å². The molecular weight excluding hydrogens is 363 g/mol. The number of halogens is 1. The molecule has 3 heteroatoms. The predicted molar refractivity (Wildman–Crippen MR) is 113 cm³/mol. The Hall–Kier alpha value is -2.13. The Morgan fingerprint density at radius 3 is 2.69 bits per heavy atom. The highest BCUT2D eigenvalue weighted by Crippen LogP contribution is 2.62. The quantitative estimate of drug-likeness (QED) is 0.706. The van der Waals surface area contributed by atoms with Gasteiger partial charge in [-0.3, -0.25) is 0 Å². The molecule has 5 rings (SSSR count). The van der Waals surface area contributed by atoms with Crippen LogP contribution in [0.2, 0.25) is 0 Å². The number of hydrogen-bond acceptors (Lipinski definition) is 2. The molecule has 2 aromatic rings.